The maximum Gasteiger partial charge on any atom is 0.308 e. The van der Waals surface area contributed by atoms with E-state index < -0.39 is 6.10 Å². The van der Waals surface area contributed by atoms with Gasteiger partial charge in [-0.25, -0.2) is 0 Å². The van der Waals surface area contributed by atoms with E-state index in [4.69, 9.17) is 4.74 Å². The summed E-state index contributed by atoms with van der Waals surface area (Å²) in [7, 11) is 1.34. The molecule has 4 nitrogen and oxygen atoms in total. The third-order valence-corrected chi connectivity index (χ3v) is 2.41. The summed E-state index contributed by atoms with van der Waals surface area (Å²) in [5, 5.41) is 9.58. The molecule has 1 aromatic rings. The van der Waals surface area contributed by atoms with Crippen LogP contribution in [-0.2, 0) is 9.53 Å². The first-order valence-corrected chi connectivity index (χ1v) is 5.53. The molecule has 17 heavy (non-hydrogen) atoms. The van der Waals surface area contributed by atoms with Crippen LogP contribution in [0.25, 0.3) is 0 Å². The smallest absolute Gasteiger partial charge is 0.308 e. The van der Waals surface area contributed by atoms with Crippen molar-refractivity contribution in [2.75, 3.05) is 13.7 Å². The van der Waals surface area contributed by atoms with Crippen molar-refractivity contribution in [1.29, 1.82) is 0 Å². The second-order valence-electron chi connectivity index (χ2n) is 3.89. The summed E-state index contributed by atoms with van der Waals surface area (Å²) in [5.74, 6) is 0.306. The summed E-state index contributed by atoms with van der Waals surface area (Å²) < 4.78 is 10.0. The molecular formula is C13H18O4. The summed E-state index contributed by atoms with van der Waals surface area (Å²) in [6, 6.07) is 5.59. The zero-order valence-corrected chi connectivity index (χ0v) is 10.4. The molecule has 0 saturated carbocycles. The molecule has 0 radical (unpaired) electrons. The molecule has 0 amide bonds. The minimum atomic E-state index is -0.594. The van der Waals surface area contributed by atoms with Crippen LogP contribution in [0.3, 0.4) is 0 Å². The minimum Gasteiger partial charge on any atom is -0.493 e. The number of benzene rings is 1. The predicted molar refractivity (Wildman–Crippen MR) is 63.9 cm³/mol. The summed E-state index contributed by atoms with van der Waals surface area (Å²) in [6.07, 6.45) is -0.396. The van der Waals surface area contributed by atoms with Gasteiger partial charge in [-0.3, -0.25) is 4.79 Å². The Morgan fingerprint density at radius 3 is 2.76 bits per heavy atom. The van der Waals surface area contributed by atoms with Crippen molar-refractivity contribution < 1.29 is 19.4 Å². The van der Waals surface area contributed by atoms with E-state index in [0.29, 0.717) is 5.75 Å². The lowest BCUT2D eigenvalue weighted by Crippen LogP contribution is -2.09. The molecule has 94 valence electrons. The van der Waals surface area contributed by atoms with Crippen molar-refractivity contribution in [3.63, 3.8) is 0 Å². The minimum absolute atomic E-state index is 0.198. The van der Waals surface area contributed by atoms with E-state index in [1.807, 2.05) is 25.1 Å². The molecule has 0 aliphatic carbocycles. The lowest BCUT2D eigenvalue weighted by Gasteiger charge is -2.13. The monoisotopic (exact) mass is 238 g/mol. The number of hydrogen-bond donors (Lipinski definition) is 1. The van der Waals surface area contributed by atoms with Gasteiger partial charge in [0.15, 0.2) is 0 Å². The van der Waals surface area contributed by atoms with Gasteiger partial charge in [-0.05, 0) is 25.5 Å². The Balaban J connectivity index is 2.68. The van der Waals surface area contributed by atoms with Gasteiger partial charge in [-0.1, -0.05) is 12.1 Å². The van der Waals surface area contributed by atoms with Crippen LogP contribution < -0.4 is 4.74 Å². The van der Waals surface area contributed by atoms with E-state index in [1.54, 1.807) is 6.92 Å². The van der Waals surface area contributed by atoms with E-state index in [2.05, 4.69) is 4.74 Å². The summed E-state index contributed by atoms with van der Waals surface area (Å²) in [6.45, 7) is 3.87. The van der Waals surface area contributed by atoms with Crippen molar-refractivity contribution in [3.8, 4) is 5.75 Å². The number of carbonyl (C=O) groups excluding carboxylic acids is 1. The number of carbonyl (C=O) groups is 1. The predicted octanol–water partition coefficient (Wildman–Crippen LogP) is 1.99. The SMILES string of the molecule is COC(=O)CCOc1cc(C)ccc1C(C)O. The maximum absolute atomic E-state index is 10.9. The Morgan fingerprint density at radius 2 is 2.18 bits per heavy atom. The number of rotatable bonds is 5. The van der Waals surface area contributed by atoms with Crippen molar-refractivity contribution >= 4 is 5.97 Å². The normalized spacial score (nSPS) is 12.0. The van der Waals surface area contributed by atoms with Crippen LogP contribution in [0.1, 0.15) is 30.6 Å². The molecule has 0 aromatic heterocycles. The van der Waals surface area contributed by atoms with Crippen molar-refractivity contribution in [3.05, 3.63) is 29.3 Å². The second kappa shape index (κ2) is 6.25. The summed E-state index contributed by atoms with van der Waals surface area (Å²) >= 11 is 0. The Hall–Kier alpha value is -1.55. The van der Waals surface area contributed by atoms with Crippen molar-refractivity contribution in [1.82, 2.24) is 0 Å². The highest BCUT2D eigenvalue weighted by Gasteiger charge is 2.10. The van der Waals surface area contributed by atoms with Gasteiger partial charge in [0.05, 0.1) is 26.2 Å². The number of aliphatic hydroxyl groups excluding tert-OH is 1. The first-order chi connectivity index (χ1) is 8.04. The average molecular weight is 238 g/mol. The number of ether oxygens (including phenoxy) is 2. The van der Waals surface area contributed by atoms with Gasteiger partial charge in [0, 0.05) is 5.56 Å². The molecule has 0 heterocycles. The standard InChI is InChI=1S/C13H18O4/c1-9-4-5-11(10(2)14)12(8-9)17-7-6-13(15)16-3/h4-5,8,10,14H,6-7H2,1-3H3. The largest absolute Gasteiger partial charge is 0.493 e. The molecular weight excluding hydrogens is 220 g/mol. The van der Waals surface area contributed by atoms with Crippen LogP contribution in [0.5, 0.6) is 5.75 Å². The molecule has 0 aliphatic rings. The van der Waals surface area contributed by atoms with Crippen LogP contribution in [0.2, 0.25) is 0 Å². The highest BCUT2D eigenvalue weighted by Crippen LogP contribution is 2.26. The fraction of sp³-hybridized carbons (Fsp3) is 0.462. The van der Waals surface area contributed by atoms with Crippen molar-refractivity contribution in [2.45, 2.75) is 26.4 Å². The number of aryl methyl sites for hydroxylation is 1. The van der Waals surface area contributed by atoms with Gasteiger partial charge in [0.1, 0.15) is 5.75 Å². The zero-order chi connectivity index (χ0) is 12.8. The summed E-state index contributed by atoms with van der Waals surface area (Å²) in [5.41, 5.74) is 1.77. The Bertz CT molecular complexity index is 385. The fourth-order valence-corrected chi connectivity index (χ4v) is 1.46. The van der Waals surface area contributed by atoms with Crippen LogP contribution in [0.4, 0.5) is 0 Å². The van der Waals surface area contributed by atoms with Gasteiger partial charge in [0.2, 0.25) is 0 Å². The highest BCUT2D eigenvalue weighted by atomic mass is 16.5. The third kappa shape index (κ3) is 4.07. The molecule has 1 aromatic carbocycles. The van der Waals surface area contributed by atoms with Crippen molar-refractivity contribution in [2.24, 2.45) is 0 Å². The molecule has 1 unspecified atom stereocenters. The Kier molecular flexibility index (Phi) is 4.97. The molecule has 0 fully saturated rings. The first kappa shape index (κ1) is 13.5. The molecule has 0 saturated heterocycles. The van der Waals surface area contributed by atoms with E-state index in [9.17, 15) is 9.90 Å². The zero-order valence-electron chi connectivity index (χ0n) is 10.4. The van der Waals surface area contributed by atoms with Crippen LogP contribution in [-0.4, -0.2) is 24.8 Å². The third-order valence-electron chi connectivity index (χ3n) is 2.41. The molecule has 1 N–H and O–H groups in total. The summed E-state index contributed by atoms with van der Waals surface area (Å²) in [4.78, 5) is 10.9. The first-order valence-electron chi connectivity index (χ1n) is 5.53. The van der Waals surface area contributed by atoms with Gasteiger partial charge in [-0.15, -0.1) is 0 Å². The molecule has 0 aliphatic heterocycles. The Morgan fingerprint density at radius 1 is 1.47 bits per heavy atom. The second-order valence-corrected chi connectivity index (χ2v) is 3.89. The van der Waals surface area contributed by atoms with E-state index in [1.165, 1.54) is 7.11 Å². The molecule has 4 heteroatoms. The van der Waals surface area contributed by atoms with Crippen LogP contribution in [0.15, 0.2) is 18.2 Å². The van der Waals surface area contributed by atoms with E-state index >= 15 is 0 Å². The number of esters is 1. The molecule has 1 atom stereocenters. The lowest BCUT2D eigenvalue weighted by atomic mass is 10.1. The van der Waals surface area contributed by atoms with Gasteiger partial charge >= 0.3 is 5.97 Å². The van der Waals surface area contributed by atoms with Gasteiger partial charge < -0.3 is 14.6 Å². The number of aliphatic hydroxyl groups is 1. The highest BCUT2D eigenvalue weighted by molar-refractivity contribution is 5.69. The number of methoxy groups -OCH3 is 1. The number of hydrogen-bond acceptors (Lipinski definition) is 4. The van der Waals surface area contributed by atoms with Gasteiger partial charge in [0.25, 0.3) is 0 Å². The molecule has 1 rings (SSSR count). The fourth-order valence-electron chi connectivity index (χ4n) is 1.46. The molecule has 0 spiro atoms. The Labute approximate surface area is 101 Å². The van der Waals surface area contributed by atoms with Gasteiger partial charge in [-0.2, -0.15) is 0 Å². The average Bonchev–Trinajstić information content (AvgIpc) is 2.28. The quantitative estimate of drug-likeness (QED) is 0.797. The van der Waals surface area contributed by atoms with Crippen LogP contribution in [0, 0.1) is 6.92 Å². The maximum atomic E-state index is 10.9. The topological polar surface area (TPSA) is 55.8 Å². The van der Waals surface area contributed by atoms with Crippen LogP contribution >= 0.6 is 0 Å². The van der Waals surface area contributed by atoms with E-state index in [-0.39, 0.29) is 19.0 Å². The molecule has 0 bridgehead atoms. The lowest BCUT2D eigenvalue weighted by molar-refractivity contribution is -0.141. The van der Waals surface area contributed by atoms with E-state index in [0.717, 1.165) is 11.1 Å².